The number of rotatable bonds is 7. The molecule has 35 heavy (non-hydrogen) atoms. The summed E-state index contributed by atoms with van der Waals surface area (Å²) < 4.78 is 11.5. The van der Waals surface area contributed by atoms with Gasteiger partial charge in [-0.25, -0.2) is 4.79 Å². The quantitative estimate of drug-likeness (QED) is 0.407. The van der Waals surface area contributed by atoms with Crippen molar-refractivity contribution in [1.29, 1.82) is 0 Å². The number of nitrogens with one attached hydrogen (secondary N) is 3. The van der Waals surface area contributed by atoms with Crippen LogP contribution in [0.5, 0.6) is 11.5 Å². The zero-order valence-electron chi connectivity index (χ0n) is 19.6. The smallest absolute Gasteiger partial charge is 0.319 e. The lowest BCUT2D eigenvalue weighted by Crippen LogP contribution is -2.46. The Morgan fingerprint density at radius 2 is 1.77 bits per heavy atom. The highest BCUT2D eigenvalue weighted by Crippen LogP contribution is 2.35. The Morgan fingerprint density at radius 3 is 2.51 bits per heavy atom. The molecule has 0 radical (unpaired) electrons. The average Bonchev–Trinajstić information content (AvgIpc) is 2.84. The Labute approximate surface area is 209 Å². The SMILES string of the molecule is COc1cc([C@H]2NC(=O)NC(C)=C2C(=O)Nc2ccccc2C)ccc1OCc1ccccc1Cl. The summed E-state index contributed by atoms with van der Waals surface area (Å²) in [5, 5.41) is 9.11. The number of methoxy groups -OCH3 is 1. The third-order valence-electron chi connectivity index (χ3n) is 5.77. The Balaban J connectivity index is 1.61. The summed E-state index contributed by atoms with van der Waals surface area (Å²) in [6, 6.07) is 19.2. The van der Waals surface area contributed by atoms with Gasteiger partial charge in [-0.3, -0.25) is 4.79 Å². The molecule has 1 atom stereocenters. The number of allylic oxidation sites excluding steroid dienone is 1. The summed E-state index contributed by atoms with van der Waals surface area (Å²) in [6.45, 7) is 3.89. The second kappa shape index (κ2) is 10.5. The van der Waals surface area contributed by atoms with Crippen molar-refractivity contribution in [2.75, 3.05) is 12.4 Å². The third kappa shape index (κ3) is 5.41. The molecule has 0 aromatic heterocycles. The monoisotopic (exact) mass is 491 g/mol. The molecule has 0 unspecified atom stereocenters. The predicted molar refractivity (Wildman–Crippen MR) is 136 cm³/mol. The molecule has 3 N–H and O–H groups in total. The summed E-state index contributed by atoms with van der Waals surface area (Å²) >= 11 is 6.23. The van der Waals surface area contributed by atoms with Gasteiger partial charge in [0, 0.05) is 22.0 Å². The molecule has 1 aliphatic rings. The van der Waals surface area contributed by atoms with Gasteiger partial charge in [-0.05, 0) is 49.2 Å². The first-order valence-electron chi connectivity index (χ1n) is 11.1. The van der Waals surface area contributed by atoms with Crippen LogP contribution in [0.4, 0.5) is 10.5 Å². The number of benzene rings is 3. The van der Waals surface area contributed by atoms with Crippen LogP contribution in [0, 0.1) is 6.92 Å². The Hall–Kier alpha value is -3.97. The largest absolute Gasteiger partial charge is 0.493 e. The van der Waals surface area contributed by atoms with Crippen LogP contribution in [-0.2, 0) is 11.4 Å². The molecule has 0 fully saturated rings. The van der Waals surface area contributed by atoms with Crippen LogP contribution in [0.1, 0.15) is 29.7 Å². The van der Waals surface area contributed by atoms with E-state index in [4.69, 9.17) is 21.1 Å². The normalized spacial score (nSPS) is 15.2. The first-order valence-corrected chi connectivity index (χ1v) is 11.4. The topological polar surface area (TPSA) is 88.7 Å². The van der Waals surface area contributed by atoms with Crippen molar-refractivity contribution in [2.24, 2.45) is 0 Å². The van der Waals surface area contributed by atoms with E-state index in [2.05, 4.69) is 16.0 Å². The van der Waals surface area contributed by atoms with E-state index < -0.39 is 12.1 Å². The van der Waals surface area contributed by atoms with Crippen LogP contribution in [-0.4, -0.2) is 19.0 Å². The van der Waals surface area contributed by atoms with Crippen LogP contribution in [0.3, 0.4) is 0 Å². The van der Waals surface area contributed by atoms with Crippen molar-refractivity contribution < 1.29 is 19.1 Å². The minimum Gasteiger partial charge on any atom is -0.493 e. The highest BCUT2D eigenvalue weighted by atomic mass is 35.5. The molecule has 0 saturated carbocycles. The number of anilines is 1. The van der Waals surface area contributed by atoms with Crippen molar-refractivity contribution in [3.63, 3.8) is 0 Å². The van der Waals surface area contributed by atoms with E-state index in [0.29, 0.717) is 39.0 Å². The fourth-order valence-electron chi connectivity index (χ4n) is 3.90. The van der Waals surface area contributed by atoms with E-state index in [0.717, 1.165) is 11.1 Å². The predicted octanol–water partition coefficient (Wildman–Crippen LogP) is 5.50. The molecule has 1 aliphatic heterocycles. The van der Waals surface area contributed by atoms with Crippen LogP contribution >= 0.6 is 11.6 Å². The number of carbonyl (C=O) groups is 2. The Bertz CT molecular complexity index is 1310. The second-order valence-electron chi connectivity index (χ2n) is 8.13. The van der Waals surface area contributed by atoms with Gasteiger partial charge in [0.2, 0.25) is 0 Å². The molecule has 8 heteroatoms. The third-order valence-corrected chi connectivity index (χ3v) is 6.14. The Morgan fingerprint density at radius 1 is 1.03 bits per heavy atom. The van der Waals surface area contributed by atoms with Crippen molar-refractivity contribution in [3.8, 4) is 11.5 Å². The van der Waals surface area contributed by atoms with Gasteiger partial charge in [-0.1, -0.05) is 54.1 Å². The zero-order valence-corrected chi connectivity index (χ0v) is 20.4. The fraction of sp³-hybridized carbons (Fsp3) is 0.185. The van der Waals surface area contributed by atoms with E-state index in [1.54, 1.807) is 31.2 Å². The first-order chi connectivity index (χ1) is 16.9. The lowest BCUT2D eigenvalue weighted by atomic mass is 9.94. The number of urea groups is 1. The molecule has 3 aromatic carbocycles. The number of hydrogen-bond donors (Lipinski definition) is 3. The summed E-state index contributed by atoms with van der Waals surface area (Å²) in [7, 11) is 1.54. The summed E-state index contributed by atoms with van der Waals surface area (Å²) in [5.74, 6) is 0.675. The van der Waals surface area contributed by atoms with Crippen LogP contribution in [0.2, 0.25) is 5.02 Å². The van der Waals surface area contributed by atoms with Gasteiger partial charge in [0.15, 0.2) is 11.5 Å². The number of para-hydroxylation sites is 1. The fourth-order valence-corrected chi connectivity index (χ4v) is 4.09. The average molecular weight is 492 g/mol. The first kappa shape index (κ1) is 24.2. The molecule has 0 bridgehead atoms. The van der Waals surface area contributed by atoms with Gasteiger partial charge in [0.05, 0.1) is 18.7 Å². The molecule has 180 valence electrons. The van der Waals surface area contributed by atoms with E-state index in [-0.39, 0.29) is 12.5 Å². The van der Waals surface area contributed by atoms with Crippen LogP contribution in [0.25, 0.3) is 0 Å². The van der Waals surface area contributed by atoms with Crippen LogP contribution < -0.4 is 25.4 Å². The van der Waals surface area contributed by atoms with Gasteiger partial charge in [0.25, 0.3) is 5.91 Å². The maximum absolute atomic E-state index is 13.3. The number of amides is 3. The molecule has 4 rings (SSSR count). The van der Waals surface area contributed by atoms with Crippen molar-refractivity contribution in [2.45, 2.75) is 26.5 Å². The zero-order chi connectivity index (χ0) is 24.9. The van der Waals surface area contributed by atoms with Crippen molar-refractivity contribution >= 4 is 29.2 Å². The highest BCUT2D eigenvalue weighted by molar-refractivity contribution is 6.31. The summed E-state index contributed by atoms with van der Waals surface area (Å²) in [4.78, 5) is 25.6. The lowest BCUT2D eigenvalue weighted by Gasteiger charge is -2.29. The Kier molecular flexibility index (Phi) is 7.27. The molecule has 7 nitrogen and oxygen atoms in total. The van der Waals surface area contributed by atoms with E-state index in [1.807, 2.05) is 49.4 Å². The number of halogens is 1. The van der Waals surface area contributed by atoms with E-state index in [1.165, 1.54) is 7.11 Å². The molecule has 3 aromatic rings. The number of aryl methyl sites for hydroxylation is 1. The summed E-state index contributed by atoms with van der Waals surface area (Å²) in [5.41, 5.74) is 4.04. The van der Waals surface area contributed by atoms with Crippen molar-refractivity contribution in [3.05, 3.63) is 99.7 Å². The van der Waals surface area contributed by atoms with E-state index >= 15 is 0 Å². The van der Waals surface area contributed by atoms with Gasteiger partial charge in [0.1, 0.15) is 6.61 Å². The lowest BCUT2D eigenvalue weighted by molar-refractivity contribution is -0.113. The number of hydrogen-bond acceptors (Lipinski definition) is 4. The maximum Gasteiger partial charge on any atom is 0.319 e. The highest BCUT2D eigenvalue weighted by Gasteiger charge is 2.32. The second-order valence-corrected chi connectivity index (χ2v) is 8.54. The summed E-state index contributed by atoms with van der Waals surface area (Å²) in [6.07, 6.45) is 0. The van der Waals surface area contributed by atoms with Gasteiger partial charge in [-0.2, -0.15) is 0 Å². The minimum atomic E-state index is -0.681. The molecule has 0 saturated heterocycles. The van der Waals surface area contributed by atoms with Gasteiger partial charge in [-0.15, -0.1) is 0 Å². The molecule has 0 aliphatic carbocycles. The van der Waals surface area contributed by atoms with Crippen molar-refractivity contribution in [1.82, 2.24) is 10.6 Å². The molecular formula is C27H26ClN3O4. The van der Waals surface area contributed by atoms with Gasteiger partial charge < -0.3 is 25.4 Å². The van der Waals surface area contributed by atoms with E-state index in [9.17, 15) is 9.59 Å². The molecule has 1 heterocycles. The number of carbonyl (C=O) groups excluding carboxylic acids is 2. The minimum absolute atomic E-state index is 0.266. The molecular weight excluding hydrogens is 466 g/mol. The maximum atomic E-state index is 13.3. The number of ether oxygens (including phenoxy) is 2. The standard InChI is InChI=1S/C27H26ClN3O4/c1-16-8-4-7-11-21(16)30-26(32)24-17(2)29-27(33)31-25(24)18-12-13-22(23(14-18)34-3)35-15-19-9-5-6-10-20(19)28/h4-14,25H,15H2,1-3H3,(H,30,32)(H2,29,31,33)/t25-/m1/s1. The molecule has 3 amide bonds. The van der Waals surface area contributed by atoms with Crippen LogP contribution in [0.15, 0.2) is 78.0 Å². The van der Waals surface area contributed by atoms with Gasteiger partial charge >= 0.3 is 6.03 Å². The molecule has 0 spiro atoms.